The van der Waals surface area contributed by atoms with Gasteiger partial charge in [0, 0.05) is 12.1 Å². The Kier molecular flexibility index (Phi) is 6.70. The summed E-state index contributed by atoms with van der Waals surface area (Å²) in [6.07, 6.45) is 0. The van der Waals surface area contributed by atoms with E-state index in [2.05, 4.69) is 5.32 Å². The maximum atomic E-state index is 12.0. The number of anilines is 1. The standard InChI is InChI=1S/C20H22N2O6/c1-12-7-14(3)20(15(4)8-12)28-11-19(24)27-10-18(23)21-17-9-16(22(25)26)6-5-13(17)2/h5-9H,10-11H2,1-4H3,(H,21,23). The van der Waals surface area contributed by atoms with Crippen molar-refractivity contribution >= 4 is 23.3 Å². The number of esters is 1. The zero-order valence-electron chi connectivity index (χ0n) is 16.2. The van der Waals surface area contributed by atoms with Gasteiger partial charge >= 0.3 is 5.97 Å². The van der Waals surface area contributed by atoms with E-state index in [0.717, 1.165) is 16.7 Å². The number of hydrogen-bond acceptors (Lipinski definition) is 6. The minimum absolute atomic E-state index is 0.143. The Bertz CT molecular complexity index is 900. The SMILES string of the molecule is Cc1cc(C)c(OCC(=O)OCC(=O)Nc2cc([N+](=O)[O-])ccc2C)c(C)c1. The monoisotopic (exact) mass is 386 g/mol. The molecule has 0 saturated carbocycles. The molecule has 8 heteroatoms. The van der Waals surface area contributed by atoms with Crippen LogP contribution < -0.4 is 10.1 Å². The predicted octanol–water partition coefficient (Wildman–Crippen LogP) is 3.39. The minimum Gasteiger partial charge on any atom is -0.481 e. The van der Waals surface area contributed by atoms with E-state index >= 15 is 0 Å². The number of carbonyl (C=O) groups excluding carboxylic acids is 2. The van der Waals surface area contributed by atoms with Gasteiger partial charge in [0.1, 0.15) is 5.75 Å². The van der Waals surface area contributed by atoms with E-state index in [1.165, 1.54) is 18.2 Å². The summed E-state index contributed by atoms with van der Waals surface area (Å²) in [6.45, 7) is 6.60. The largest absolute Gasteiger partial charge is 0.481 e. The summed E-state index contributed by atoms with van der Waals surface area (Å²) in [7, 11) is 0. The van der Waals surface area contributed by atoms with E-state index in [9.17, 15) is 19.7 Å². The highest BCUT2D eigenvalue weighted by Gasteiger charge is 2.14. The molecule has 0 spiro atoms. The van der Waals surface area contributed by atoms with Gasteiger partial charge in [0.2, 0.25) is 0 Å². The van der Waals surface area contributed by atoms with Gasteiger partial charge in [0.05, 0.1) is 10.6 Å². The molecule has 2 aromatic carbocycles. The molecule has 0 aromatic heterocycles. The fourth-order valence-electron chi connectivity index (χ4n) is 2.76. The third kappa shape index (κ3) is 5.54. The molecule has 0 fully saturated rings. The molecule has 2 aromatic rings. The van der Waals surface area contributed by atoms with Gasteiger partial charge in [-0.2, -0.15) is 0 Å². The van der Waals surface area contributed by atoms with Crippen LogP contribution in [0.4, 0.5) is 11.4 Å². The number of amides is 1. The molecular weight excluding hydrogens is 364 g/mol. The summed E-state index contributed by atoms with van der Waals surface area (Å²) in [5.74, 6) is -0.677. The van der Waals surface area contributed by atoms with E-state index in [1.807, 2.05) is 32.9 Å². The molecular formula is C20H22N2O6. The Morgan fingerprint density at radius 2 is 1.64 bits per heavy atom. The van der Waals surface area contributed by atoms with E-state index < -0.39 is 23.4 Å². The van der Waals surface area contributed by atoms with Crippen molar-refractivity contribution in [3.63, 3.8) is 0 Å². The second kappa shape index (κ2) is 8.98. The molecule has 0 aliphatic carbocycles. The second-order valence-electron chi connectivity index (χ2n) is 6.48. The van der Waals surface area contributed by atoms with Crippen molar-refractivity contribution < 1.29 is 24.0 Å². The zero-order valence-corrected chi connectivity index (χ0v) is 16.2. The average molecular weight is 386 g/mol. The lowest BCUT2D eigenvalue weighted by Gasteiger charge is -2.13. The molecule has 0 bridgehead atoms. The van der Waals surface area contributed by atoms with Gasteiger partial charge in [-0.25, -0.2) is 4.79 Å². The van der Waals surface area contributed by atoms with Gasteiger partial charge in [0.15, 0.2) is 13.2 Å². The lowest BCUT2D eigenvalue weighted by Crippen LogP contribution is -2.24. The van der Waals surface area contributed by atoms with Gasteiger partial charge in [-0.1, -0.05) is 23.8 Å². The van der Waals surface area contributed by atoms with Gasteiger partial charge < -0.3 is 14.8 Å². The fraction of sp³-hybridized carbons (Fsp3) is 0.300. The van der Waals surface area contributed by atoms with Crippen LogP contribution in [-0.2, 0) is 14.3 Å². The first-order valence-electron chi connectivity index (χ1n) is 8.58. The van der Waals surface area contributed by atoms with Crippen LogP contribution in [0.5, 0.6) is 5.75 Å². The molecule has 1 N–H and O–H groups in total. The third-order valence-electron chi connectivity index (χ3n) is 4.01. The highest BCUT2D eigenvalue weighted by atomic mass is 16.6. The quantitative estimate of drug-likeness (QED) is 0.444. The number of nitrogens with one attached hydrogen (secondary N) is 1. The zero-order chi connectivity index (χ0) is 20.8. The number of ether oxygens (including phenoxy) is 2. The molecule has 0 aliphatic heterocycles. The minimum atomic E-state index is -0.690. The van der Waals surface area contributed by atoms with Crippen LogP contribution in [0.2, 0.25) is 0 Å². The smallest absolute Gasteiger partial charge is 0.344 e. The van der Waals surface area contributed by atoms with Crippen molar-refractivity contribution in [3.8, 4) is 5.75 Å². The molecule has 0 radical (unpaired) electrons. The van der Waals surface area contributed by atoms with Crippen LogP contribution in [0, 0.1) is 37.8 Å². The van der Waals surface area contributed by atoms with Crippen molar-refractivity contribution in [2.24, 2.45) is 0 Å². The number of rotatable bonds is 7. The molecule has 1 amide bonds. The van der Waals surface area contributed by atoms with Crippen LogP contribution in [0.1, 0.15) is 22.3 Å². The van der Waals surface area contributed by atoms with Crippen molar-refractivity contribution in [2.45, 2.75) is 27.7 Å². The number of carbonyl (C=O) groups is 2. The van der Waals surface area contributed by atoms with E-state index in [0.29, 0.717) is 11.3 Å². The first-order valence-corrected chi connectivity index (χ1v) is 8.58. The molecule has 0 heterocycles. The van der Waals surface area contributed by atoms with Gasteiger partial charge in [-0.05, 0) is 44.4 Å². The van der Waals surface area contributed by atoms with Crippen LogP contribution in [0.3, 0.4) is 0 Å². The lowest BCUT2D eigenvalue weighted by molar-refractivity contribution is -0.384. The van der Waals surface area contributed by atoms with E-state index in [1.54, 1.807) is 6.92 Å². The first kappa shape index (κ1) is 20.9. The van der Waals surface area contributed by atoms with Gasteiger partial charge in [0.25, 0.3) is 11.6 Å². The van der Waals surface area contributed by atoms with E-state index in [-0.39, 0.29) is 18.0 Å². The molecule has 0 unspecified atom stereocenters. The van der Waals surface area contributed by atoms with E-state index in [4.69, 9.17) is 9.47 Å². The molecule has 28 heavy (non-hydrogen) atoms. The maximum Gasteiger partial charge on any atom is 0.344 e. The molecule has 0 saturated heterocycles. The number of non-ortho nitro benzene ring substituents is 1. The lowest BCUT2D eigenvalue weighted by atomic mass is 10.1. The summed E-state index contributed by atoms with van der Waals surface area (Å²) in [6, 6.07) is 8.02. The first-order chi connectivity index (χ1) is 13.2. The number of hydrogen-bond donors (Lipinski definition) is 1. The van der Waals surface area contributed by atoms with Crippen LogP contribution >= 0.6 is 0 Å². The number of nitro benzene ring substituents is 1. The summed E-state index contributed by atoms with van der Waals surface area (Å²) in [5, 5.41) is 13.3. The Morgan fingerprint density at radius 1 is 1.00 bits per heavy atom. The van der Waals surface area contributed by atoms with Crippen LogP contribution in [0.25, 0.3) is 0 Å². The highest BCUT2D eigenvalue weighted by molar-refractivity contribution is 5.93. The fourth-order valence-corrected chi connectivity index (χ4v) is 2.76. The molecule has 2 rings (SSSR count). The normalized spacial score (nSPS) is 10.3. The topological polar surface area (TPSA) is 108 Å². The van der Waals surface area contributed by atoms with Crippen LogP contribution in [-0.4, -0.2) is 30.0 Å². The van der Waals surface area contributed by atoms with Crippen molar-refractivity contribution in [2.75, 3.05) is 18.5 Å². The maximum absolute atomic E-state index is 12.0. The summed E-state index contributed by atoms with van der Waals surface area (Å²) in [4.78, 5) is 34.1. The number of benzene rings is 2. The second-order valence-corrected chi connectivity index (χ2v) is 6.48. The highest BCUT2D eigenvalue weighted by Crippen LogP contribution is 2.24. The Balaban J connectivity index is 1.87. The Morgan fingerprint density at radius 3 is 2.25 bits per heavy atom. The molecule has 0 atom stereocenters. The van der Waals surface area contributed by atoms with Crippen molar-refractivity contribution in [1.29, 1.82) is 0 Å². The molecule has 0 aliphatic rings. The van der Waals surface area contributed by atoms with Crippen LogP contribution in [0.15, 0.2) is 30.3 Å². The molecule has 8 nitrogen and oxygen atoms in total. The third-order valence-corrected chi connectivity index (χ3v) is 4.01. The Hall–Kier alpha value is -3.42. The molecule has 148 valence electrons. The average Bonchev–Trinajstić information content (AvgIpc) is 2.60. The van der Waals surface area contributed by atoms with Gasteiger partial charge in [-0.3, -0.25) is 14.9 Å². The Labute approximate surface area is 162 Å². The van der Waals surface area contributed by atoms with Crippen molar-refractivity contribution in [1.82, 2.24) is 0 Å². The van der Waals surface area contributed by atoms with Gasteiger partial charge in [-0.15, -0.1) is 0 Å². The summed E-state index contributed by atoms with van der Waals surface area (Å²) >= 11 is 0. The number of nitro groups is 1. The number of aryl methyl sites for hydroxylation is 4. The van der Waals surface area contributed by atoms with Crippen molar-refractivity contribution in [3.05, 3.63) is 62.7 Å². The summed E-state index contributed by atoms with van der Waals surface area (Å²) in [5.41, 5.74) is 3.71. The summed E-state index contributed by atoms with van der Waals surface area (Å²) < 4.78 is 10.4. The number of nitrogens with zero attached hydrogens (tertiary/aromatic N) is 1. The predicted molar refractivity (Wildman–Crippen MR) is 104 cm³/mol.